The van der Waals surface area contributed by atoms with Crippen LogP contribution in [0.5, 0.6) is 0 Å². The molecular formula is C17H21NO2. The van der Waals surface area contributed by atoms with Crippen molar-refractivity contribution in [2.75, 3.05) is 6.54 Å². The lowest BCUT2D eigenvalue weighted by Crippen LogP contribution is -2.39. The number of Topliss-reactive ketones (excluding diaryl/α,β-unsaturated/α-hetero) is 1. The van der Waals surface area contributed by atoms with Gasteiger partial charge >= 0.3 is 0 Å². The first kappa shape index (κ1) is 13.3. The smallest absolute Gasteiger partial charge is 0.220 e. The Kier molecular flexibility index (Phi) is 3.60. The van der Waals surface area contributed by atoms with Crippen molar-refractivity contribution in [2.24, 2.45) is 0 Å². The third-order valence-corrected chi connectivity index (χ3v) is 4.59. The minimum absolute atomic E-state index is 0.0128. The van der Waals surface area contributed by atoms with Crippen molar-refractivity contribution >= 4 is 11.7 Å². The molecule has 2 aliphatic rings. The third kappa shape index (κ3) is 2.37. The van der Waals surface area contributed by atoms with E-state index in [1.807, 2.05) is 6.07 Å². The molecule has 1 amide bonds. The van der Waals surface area contributed by atoms with Crippen LogP contribution in [0.25, 0.3) is 0 Å². The van der Waals surface area contributed by atoms with Gasteiger partial charge in [0.1, 0.15) is 0 Å². The molecule has 3 rings (SSSR count). The van der Waals surface area contributed by atoms with Crippen molar-refractivity contribution in [3.8, 4) is 0 Å². The first-order chi connectivity index (χ1) is 9.66. The zero-order chi connectivity index (χ0) is 14.1. The maximum atomic E-state index is 12.7. The first-order valence-corrected chi connectivity index (χ1v) is 7.60. The maximum Gasteiger partial charge on any atom is 0.220 e. The molecule has 1 saturated heterocycles. The van der Waals surface area contributed by atoms with Crippen molar-refractivity contribution in [3.63, 3.8) is 0 Å². The molecule has 0 N–H and O–H groups in total. The number of benzene rings is 1. The topological polar surface area (TPSA) is 37.4 Å². The molecular weight excluding hydrogens is 250 g/mol. The monoisotopic (exact) mass is 271 g/mol. The second kappa shape index (κ2) is 5.39. The van der Waals surface area contributed by atoms with Crippen molar-refractivity contribution < 1.29 is 9.59 Å². The molecule has 0 aromatic heterocycles. The van der Waals surface area contributed by atoms with Gasteiger partial charge in [-0.05, 0) is 55.7 Å². The molecule has 1 aliphatic carbocycles. The van der Waals surface area contributed by atoms with Crippen LogP contribution in [0, 0.1) is 0 Å². The van der Waals surface area contributed by atoms with Crippen LogP contribution in [-0.4, -0.2) is 29.2 Å². The lowest BCUT2D eigenvalue weighted by molar-refractivity contribution is -0.128. The highest BCUT2D eigenvalue weighted by molar-refractivity contribution is 6.02. The number of ketones is 1. The number of hydrogen-bond donors (Lipinski definition) is 0. The molecule has 0 radical (unpaired) electrons. The Labute approximate surface area is 120 Å². The molecule has 1 unspecified atom stereocenters. The quantitative estimate of drug-likeness (QED) is 0.776. The second-order valence-corrected chi connectivity index (χ2v) is 5.93. The average Bonchev–Trinajstić information content (AvgIpc) is 2.95. The predicted molar refractivity (Wildman–Crippen MR) is 77.8 cm³/mol. The van der Waals surface area contributed by atoms with E-state index in [-0.39, 0.29) is 17.7 Å². The minimum atomic E-state index is -0.242. The van der Waals surface area contributed by atoms with Gasteiger partial charge in [-0.2, -0.15) is 0 Å². The number of carbonyl (C=O) groups is 2. The highest BCUT2D eigenvalue weighted by atomic mass is 16.2. The summed E-state index contributed by atoms with van der Waals surface area (Å²) in [6, 6.07) is 5.87. The number of rotatable bonds is 2. The van der Waals surface area contributed by atoms with Gasteiger partial charge in [-0.3, -0.25) is 9.59 Å². The molecule has 0 bridgehead atoms. The number of aryl methyl sites for hydroxylation is 2. The van der Waals surface area contributed by atoms with Crippen molar-refractivity contribution in [1.29, 1.82) is 0 Å². The summed E-state index contributed by atoms with van der Waals surface area (Å²) < 4.78 is 0. The van der Waals surface area contributed by atoms with Crippen molar-refractivity contribution in [1.82, 2.24) is 4.90 Å². The lowest BCUT2D eigenvalue weighted by Gasteiger charge is -2.23. The molecule has 1 fully saturated rings. The van der Waals surface area contributed by atoms with E-state index in [1.54, 1.807) is 11.8 Å². The van der Waals surface area contributed by atoms with Crippen LogP contribution in [-0.2, 0) is 17.6 Å². The van der Waals surface area contributed by atoms with Crippen LogP contribution in [0.1, 0.15) is 54.1 Å². The van der Waals surface area contributed by atoms with Gasteiger partial charge in [0.05, 0.1) is 6.04 Å². The largest absolute Gasteiger partial charge is 0.333 e. The van der Waals surface area contributed by atoms with Crippen LogP contribution in [0.4, 0.5) is 0 Å². The first-order valence-electron chi connectivity index (χ1n) is 7.60. The van der Waals surface area contributed by atoms with Crippen LogP contribution in [0.15, 0.2) is 18.2 Å². The van der Waals surface area contributed by atoms with E-state index in [4.69, 9.17) is 0 Å². The second-order valence-electron chi connectivity index (χ2n) is 5.93. The van der Waals surface area contributed by atoms with Gasteiger partial charge in [0.25, 0.3) is 0 Å². The van der Waals surface area contributed by atoms with E-state index < -0.39 is 0 Å². The number of fused-ring (bicyclic) bond motifs is 1. The van der Waals surface area contributed by atoms with E-state index >= 15 is 0 Å². The Bertz CT molecular complexity index is 550. The molecule has 20 heavy (non-hydrogen) atoms. The van der Waals surface area contributed by atoms with Gasteiger partial charge < -0.3 is 4.90 Å². The van der Waals surface area contributed by atoms with Gasteiger partial charge in [0.15, 0.2) is 5.78 Å². The van der Waals surface area contributed by atoms with Gasteiger partial charge in [-0.25, -0.2) is 0 Å². The number of carbonyl (C=O) groups excluding carboxylic acids is 2. The van der Waals surface area contributed by atoms with E-state index in [2.05, 4.69) is 12.1 Å². The highest BCUT2D eigenvalue weighted by Crippen LogP contribution is 2.25. The summed E-state index contributed by atoms with van der Waals surface area (Å²) in [5, 5.41) is 0. The Morgan fingerprint density at radius 2 is 1.85 bits per heavy atom. The Morgan fingerprint density at radius 1 is 1.10 bits per heavy atom. The highest BCUT2D eigenvalue weighted by Gasteiger charge is 2.33. The molecule has 1 aromatic carbocycles. The van der Waals surface area contributed by atoms with Gasteiger partial charge in [0.2, 0.25) is 5.91 Å². The molecule has 0 saturated carbocycles. The molecule has 3 heteroatoms. The molecule has 1 atom stereocenters. The Balaban J connectivity index is 1.85. The maximum absolute atomic E-state index is 12.7. The van der Waals surface area contributed by atoms with E-state index in [1.165, 1.54) is 24.0 Å². The molecule has 1 aliphatic heterocycles. The number of hydrogen-bond acceptors (Lipinski definition) is 2. The van der Waals surface area contributed by atoms with Crippen molar-refractivity contribution in [2.45, 2.75) is 51.5 Å². The summed E-state index contributed by atoms with van der Waals surface area (Å²) in [6.07, 6.45) is 6.41. The predicted octanol–water partition coefficient (Wildman–Crippen LogP) is 2.76. The summed E-state index contributed by atoms with van der Waals surface area (Å²) in [5.74, 6) is 0.130. The lowest BCUT2D eigenvalue weighted by atomic mass is 9.89. The number of nitrogens with zero attached hydrogens (tertiary/aromatic N) is 1. The fourth-order valence-corrected chi connectivity index (χ4v) is 3.50. The molecule has 3 nitrogen and oxygen atoms in total. The average molecular weight is 271 g/mol. The molecule has 0 spiro atoms. The summed E-state index contributed by atoms with van der Waals surface area (Å²) in [5.41, 5.74) is 3.50. The van der Waals surface area contributed by atoms with Crippen molar-refractivity contribution in [3.05, 3.63) is 34.9 Å². The third-order valence-electron chi connectivity index (χ3n) is 4.59. The van der Waals surface area contributed by atoms with Crippen LogP contribution in [0.3, 0.4) is 0 Å². The fourth-order valence-electron chi connectivity index (χ4n) is 3.50. The normalized spacial score (nSPS) is 21.6. The summed E-state index contributed by atoms with van der Waals surface area (Å²) in [4.78, 5) is 26.0. The molecule has 1 aromatic rings. The van der Waals surface area contributed by atoms with E-state index in [0.717, 1.165) is 37.8 Å². The zero-order valence-corrected chi connectivity index (χ0v) is 12.0. The number of amides is 1. The molecule has 1 heterocycles. The van der Waals surface area contributed by atoms with Gasteiger partial charge in [-0.15, -0.1) is 0 Å². The minimum Gasteiger partial charge on any atom is -0.333 e. The standard InChI is InChI=1S/C17H21NO2/c1-12(19)18-10-4-7-16(18)17(20)15-9-8-13-5-2-3-6-14(13)11-15/h8-9,11,16H,2-7,10H2,1H3. The van der Waals surface area contributed by atoms with Crippen LogP contribution >= 0.6 is 0 Å². The molecule has 106 valence electrons. The summed E-state index contributed by atoms with van der Waals surface area (Å²) in [7, 11) is 0. The SMILES string of the molecule is CC(=O)N1CCCC1C(=O)c1ccc2c(c1)CCCC2. The van der Waals surface area contributed by atoms with E-state index in [0.29, 0.717) is 0 Å². The Morgan fingerprint density at radius 3 is 2.60 bits per heavy atom. The number of likely N-dealkylation sites (tertiary alicyclic amines) is 1. The van der Waals surface area contributed by atoms with E-state index in [9.17, 15) is 9.59 Å². The van der Waals surface area contributed by atoms with Crippen LogP contribution in [0.2, 0.25) is 0 Å². The van der Waals surface area contributed by atoms with Gasteiger partial charge in [-0.1, -0.05) is 12.1 Å². The zero-order valence-electron chi connectivity index (χ0n) is 12.0. The van der Waals surface area contributed by atoms with Gasteiger partial charge in [0, 0.05) is 19.0 Å². The Hall–Kier alpha value is -1.64. The van der Waals surface area contributed by atoms with Crippen LogP contribution < -0.4 is 0 Å². The summed E-state index contributed by atoms with van der Waals surface area (Å²) in [6.45, 7) is 2.27. The fraction of sp³-hybridized carbons (Fsp3) is 0.529. The summed E-state index contributed by atoms with van der Waals surface area (Å²) >= 11 is 0.